The van der Waals surface area contributed by atoms with Gasteiger partial charge in [0.1, 0.15) is 0 Å². The van der Waals surface area contributed by atoms with Crippen LogP contribution >= 0.6 is 0 Å². The largest absolute Gasteiger partial charge is 3.00 e. The van der Waals surface area contributed by atoms with E-state index in [2.05, 4.69) is 111 Å². The maximum atomic E-state index is 8.52. The van der Waals surface area contributed by atoms with Gasteiger partial charge in [0.05, 0.1) is 0 Å². The number of rotatable bonds is 56. The van der Waals surface area contributed by atoms with Crippen LogP contribution in [0.4, 0.5) is 0 Å². The predicted molar refractivity (Wildman–Crippen MR) is 433 cm³/mol. The zero-order valence-corrected chi connectivity index (χ0v) is 73.8. The Labute approximate surface area is 641 Å². The van der Waals surface area contributed by atoms with Gasteiger partial charge in [-0.25, -0.2) is 0 Å². The molecule has 98 heavy (non-hydrogen) atoms. The van der Waals surface area contributed by atoms with Crippen LogP contribution in [0.5, 0.6) is 0 Å². The van der Waals surface area contributed by atoms with Gasteiger partial charge in [0, 0.05) is 31.2 Å². The number of unbranched alkanes of at least 4 members (excludes halogenated alkanes) is 56. The quantitative estimate of drug-likeness (QED) is 0.0238. The minimum Gasteiger partial charge on any atom is -0.759 e. The fourth-order valence-electron chi connectivity index (χ4n) is 9.66. The molecule has 0 amide bonds. The van der Waals surface area contributed by atoms with Crippen LogP contribution in [0, 0.1) is 0 Å². The first-order valence-corrected chi connectivity index (χ1v) is 45.3. The van der Waals surface area contributed by atoms with E-state index in [1.807, 2.05) is 0 Å². The maximum Gasteiger partial charge on any atom is 3.00 e. The Morgan fingerprint density at radius 3 is 0.194 bits per heavy atom. The molecule has 0 aromatic heterocycles. The third kappa shape index (κ3) is 276. The first-order valence-electron chi connectivity index (χ1n) is 41.3. The molecule has 2 N–H and O–H groups in total. The molecular formula is C80H178Al2O13S3. The number of hydrogen-bond donors (Lipinski definition) is 0. The zero-order chi connectivity index (χ0) is 74.8. The SMILES string of the molecule is CCCCCCCCCC.CCCCCCCCCC.CCCCCCCCCC.CCCCCCCCCC.CCCCCCCCCC.CCCCCCCCCC.CCCCCCCCCC.CCCCCCCCCC.O.O=S(=O)([O-])[O-].O=S(=O)([O-])[O-].O=S(=O)([O-])[O-].[Al+3].[Al+3]. The zero-order valence-electron chi connectivity index (χ0n) is 69.0. The van der Waals surface area contributed by atoms with E-state index in [0.29, 0.717) is 0 Å². The molecule has 13 nitrogen and oxygen atoms in total. The summed E-state index contributed by atoms with van der Waals surface area (Å²) < 4.78 is 102. The predicted octanol–water partition coefficient (Wildman–Crippen LogP) is 27.6. The Morgan fingerprint density at radius 1 is 0.133 bits per heavy atom. The molecule has 0 aliphatic carbocycles. The van der Waals surface area contributed by atoms with Gasteiger partial charge in [0.25, 0.3) is 0 Å². The van der Waals surface area contributed by atoms with Gasteiger partial charge in [-0.15, -0.1) is 0 Å². The summed E-state index contributed by atoms with van der Waals surface area (Å²) in [6.45, 7) is 36.3. The third-order valence-corrected chi connectivity index (χ3v) is 15.7. The molecule has 0 aliphatic rings. The molecule has 0 unspecified atom stereocenters. The average molecular weight is 1500 g/mol. The molecule has 0 spiro atoms. The molecular weight excluding hydrogens is 1320 g/mol. The molecule has 600 valence electrons. The average Bonchev–Trinajstić information content (AvgIpc) is 3.53. The van der Waals surface area contributed by atoms with Gasteiger partial charge in [-0.2, -0.15) is 0 Å². The normalized spacial score (nSPS) is 10.1. The molecule has 0 atom stereocenters. The van der Waals surface area contributed by atoms with Crippen molar-refractivity contribution in [1.82, 2.24) is 0 Å². The third-order valence-electron chi connectivity index (χ3n) is 15.7. The standard InChI is InChI=1S/8C10H22.2Al.3H2O4S.H2O/c8*1-3-5-7-9-10-8-6-4-2;;;3*1-5(2,3)4;/h8*3-10H2,1-2H3;;;3*(H2,1,2,3,4);1H2/q;;;;;;;;2*+3;;;;/p-6. The van der Waals surface area contributed by atoms with Crippen molar-refractivity contribution in [1.29, 1.82) is 0 Å². The van der Waals surface area contributed by atoms with Crippen molar-refractivity contribution in [2.45, 2.75) is 522 Å². The van der Waals surface area contributed by atoms with Crippen LogP contribution < -0.4 is 0 Å². The van der Waals surface area contributed by atoms with Crippen molar-refractivity contribution < 1.29 is 58.0 Å². The molecule has 0 aromatic carbocycles. The molecule has 0 saturated carbocycles. The summed E-state index contributed by atoms with van der Waals surface area (Å²) in [4.78, 5) is 0. The van der Waals surface area contributed by atoms with Crippen molar-refractivity contribution in [2.75, 3.05) is 0 Å². The Morgan fingerprint density at radius 2 is 0.163 bits per heavy atom. The van der Waals surface area contributed by atoms with Gasteiger partial charge in [0.2, 0.25) is 0 Å². The van der Waals surface area contributed by atoms with E-state index in [-0.39, 0.29) is 40.2 Å². The Hall–Kier alpha value is 0.635. The Kier molecular flexibility index (Phi) is 179. The van der Waals surface area contributed by atoms with Crippen LogP contribution in [0.2, 0.25) is 0 Å². The fraction of sp³-hybridized carbons (Fsp3) is 1.00. The Bertz CT molecular complexity index is 1130. The van der Waals surface area contributed by atoms with E-state index in [0.717, 1.165) is 0 Å². The summed E-state index contributed by atoms with van der Waals surface area (Å²) in [5.74, 6) is 0. The summed E-state index contributed by atoms with van der Waals surface area (Å²) in [6, 6.07) is 0. The van der Waals surface area contributed by atoms with E-state index in [1.165, 1.54) is 411 Å². The monoisotopic (exact) mass is 1500 g/mol. The molecule has 0 aliphatic heterocycles. The van der Waals surface area contributed by atoms with Crippen LogP contribution in [0.25, 0.3) is 0 Å². The van der Waals surface area contributed by atoms with Crippen molar-refractivity contribution in [3.8, 4) is 0 Å². The molecule has 0 heterocycles. The second-order valence-corrected chi connectivity index (χ2v) is 28.6. The summed E-state index contributed by atoms with van der Waals surface area (Å²) in [5.41, 5.74) is 0. The molecule has 0 radical (unpaired) electrons. The van der Waals surface area contributed by atoms with Crippen molar-refractivity contribution in [3.05, 3.63) is 0 Å². The molecule has 0 rings (SSSR count). The van der Waals surface area contributed by atoms with Crippen molar-refractivity contribution in [2.24, 2.45) is 0 Å². The number of hydrogen-bond acceptors (Lipinski definition) is 12. The van der Waals surface area contributed by atoms with Crippen molar-refractivity contribution in [3.63, 3.8) is 0 Å². The van der Waals surface area contributed by atoms with Crippen LogP contribution in [0.15, 0.2) is 0 Å². The summed E-state index contributed by atoms with van der Waals surface area (Å²) in [6.07, 6.45) is 91.7. The van der Waals surface area contributed by atoms with Crippen LogP contribution in [0.3, 0.4) is 0 Å². The molecule has 0 bridgehead atoms. The molecule has 0 aromatic rings. The summed E-state index contributed by atoms with van der Waals surface area (Å²) in [5, 5.41) is 0. The minimum atomic E-state index is -5.17. The van der Waals surface area contributed by atoms with Crippen LogP contribution in [0.1, 0.15) is 522 Å². The van der Waals surface area contributed by atoms with Gasteiger partial charge in [-0.3, -0.25) is 25.3 Å². The first-order chi connectivity index (χ1) is 45.3. The van der Waals surface area contributed by atoms with E-state index in [9.17, 15) is 0 Å². The summed E-state index contributed by atoms with van der Waals surface area (Å²) >= 11 is 0. The minimum absolute atomic E-state index is 0. The van der Waals surface area contributed by atoms with Gasteiger partial charge >= 0.3 is 34.7 Å². The first kappa shape index (κ1) is 131. The molecule has 18 heteroatoms. The molecule has 0 fully saturated rings. The van der Waals surface area contributed by atoms with Crippen molar-refractivity contribution >= 4 is 65.9 Å². The van der Waals surface area contributed by atoms with E-state index in [1.54, 1.807) is 0 Å². The topological polar surface area (TPSA) is 272 Å². The second-order valence-electron chi connectivity index (χ2n) is 26.2. The van der Waals surface area contributed by atoms with Gasteiger partial charge in [-0.1, -0.05) is 522 Å². The smallest absolute Gasteiger partial charge is 0.759 e. The fourth-order valence-corrected chi connectivity index (χ4v) is 9.66. The summed E-state index contributed by atoms with van der Waals surface area (Å²) in [7, 11) is -15.5. The van der Waals surface area contributed by atoms with E-state index < -0.39 is 31.2 Å². The van der Waals surface area contributed by atoms with Gasteiger partial charge in [-0.05, 0) is 0 Å². The van der Waals surface area contributed by atoms with Crippen LogP contribution in [-0.2, 0) is 31.2 Å². The van der Waals surface area contributed by atoms with E-state index in [4.69, 9.17) is 52.6 Å². The molecule has 0 saturated heterocycles. The van der Waals surface area contributed by atoms with Gasteiger partial charge < -0.3 is 32.8 Å². The van der Waals surface area contributed by atoms with Gasteiger partial charge in [0.15, 0.2) is 0 Å². The second kappa shape index (κ2) is 134. The van der Waals surface area contributed by atoms with E-state index >= 15 is 0 Å². The van der Waals surface area contributed by atoms with Crippen LogP contribution in [-0.4, -0.2) is 92.8 Å². The maximum absolute atomic E-state index is 8.52. The Balaban J connectivity index is -0.0000000663.